The first kappa shape index (κ1) is 4.58. The second-order valence-electron chi connectivity index (χ2n) is 0.374. The van der Waals surface area contributed by atoms with E-state index in [2.05, 4.69) is 17.9 Å². The van der Waals surface area contributed by atoms with Gasteiger partial charge in [-0.15, -0.1) is 0 Å². The summed E-state index contributed by atoms with van der Waals surface area (Å²) in [5, 5.41) is 2.09. The molecule has 0 atom stereocenters. The van der Waals surface area contributed by atoms with Gasteiger partial charge >= 0.3 is 0 Å². The number of hydrogen-bond acceptors (Lipinski definition) is 2. The molecule has 0 aliphatic heterocycles. The van der Waals surface area contributed by atoms with Crippen LogP contribution in [0.4, 0.5) is 0 Å². The Bertz CT molecular complexity index is 76.6. The van der Waals surface area contributed by atoms with Gasteiger partial charge in [0.1, 0.15) is 0 Å². The molecule has 1 nitrogen and oxygen atoms in total. The molecule has 0 rings (SSSR count). The fourth-order valence-electron chi connectivity index (χ4n) is 0.0264. The predicted octanol–water partition coefficient (Wildman–Crippen LogP) is 0.0760. The van der Waals surface area contributed by atoms with Gasteiger partial charge in [0.05, 0.1) is 0 Å². The third kappa shape index (κ3) is 3.58. The second-order valence-corrected chi connectivity index (χ2v) is 0.598. The first-order valence-electron chi connectivity index (χ1n) is 0.998. The van der Waals surface area contributed by atoms with Gasteiger partial charge in [-0.2, -0.15) is 0 Å². The summed E-state index contributed by atoms with van der Waals surface area (Å²) in [4.78, 5) is 9.18. The highest BCUT2D eigenvalue weighted by atomic mass is 32.1. The van der Waals surface area contributed by atoms with Gasteiger partial charge in [0.25, 0.3) is 0 Å². The van der Waals surface area contributed by atoms with Crippen LogP contribution in [-0.4, -0.2) is 6.29 Å². The lowest BCUT2D eigenvalue weighted by Crippen LogP contribution is -1.50. The lowest BCUT2D eigenvalue weighted by molar-refractivity contribution is -0.103. The molecule has 0 bridgehead atoms. The Morgan fingerprint density at radius 1 is 1.80 bits per heavy atom. The van der Waals surface area contributed by atoms with Crippen molar-refractivity contribution < 1.29 is 4.79 Å². The Balaban J connectivity index is 3.16. The van der Waals surface area contributed by atoms with Crippen molar-refractivity contribution >= 4 is 18.9 Å². The average Bonchev–Trinajstić information content (AvgIpc) is 1.41. The van der Waals surface area contributed by atoms with Crippen LogP contribution in [0, 0.1) is 11.2 Å². The molecule has 0 aromatic heterocycles. The zero-order chi connectivity index (χ0) is 4.12. The molecule has 0 aliphatic rings. The number of carbonyl (C=O) groups is 1. The molecule has 0 saturated heterocycles. The van der Waals surface area contributed by atoms with E-state index in [0.29, 0.717) is 6.29 Å². The lowest BCUT2D eigenvalue weighted by atomic mass is 10.8. The van der Waals surface area contributed by atoms with Crippen molar-refractivity contribution in [1.29, 1.82) is 0 Å². The summed E-state index contributed by atoms with van der Waals surface area (Å²) in [5.74, 6) is 2.04. The Morgan fingerprint density at radius 3 is 2.40 bits per heavy atom. The molecule has 26 valence electrons. The summed E-state index contributed by atoms with van der Waals surface area (Å²) < 4.78 is 0. The third-order valence-electron chi connectivity index (χ3n) is 0.123. The normalized spacial score (nSPS) is 4.20. The van der Waals surface area contributed by atoms with Crippen molar-refractivity contribution in [3.05, 3.63) is 0 Å². The quantitative estimate of drug-likeness (QED) is 0.251. The molecule has 0 aromatic rings. The molecule has 0 unspecified atom stereocenters. The van der Waals surface area contributed by atoms with Gasteiger partial charge in [0.2, 0.25) is 0 Å². The van der Waals surface area contributed by atoms with Gasteiger partial charge in [-0.05, 0) is 11.2 Å². The Morgan fingerprint density at radius 2 is 2.40 bits per heavy atom. The van der Waals surface area contributed by atoms with E-state index in [9.17, 15) is 4.79 Å². The zero-order valence-corrected chi connectivity index (χ0v) is 3.33. The molecule has 5 heavy (non-hydrogen) atoms. The second kappa shape index (κ2) is 3.58. The van der Waals surface area contributed by atoms with E-state index >= 15 is 0 Å². The van der Waals surface area contributed by atoms with Crippen LogP contribution in [0.2, 0.25) is 0 Å². The van der Waals surface area contributed by atoms with Crippen molar-refractivity contribution in [1.82, 2.24) is 0 Å². The first-order valence-corrected chi connectivity index (χ1v) is 1.45. The van der Waals surface area contributed by atoms with Crippen LogP contribution in [0.5, 0.6) is 0 Å². The third-order valence-corrected chi connectivity index (χ3v) is 0.253. The summed E-state index contributed by atoms with van der Waals surface area (Å²) in [6.07, 6.45) is 0.493. The van der Waals surface area contributed by atoms with E-state index in [1.54, 1.807) is 0 Å². The molecule has 0 saturated carbocycles. The Kier molecular flexibility index (Phi) is 3.28. The van der Waals surface area contributed by atoms with Crippen molar-refractivity contribution in [3.8, 4) is 11.2 Å². The van der Waals surface area contributed by atoms with Crippen molar-refractivity contribution in [3.63, 3.8) is 0 Å². The SMILES string of the molecule is O=CC#CS. The summed E-state index contributed by atoms with van der Waals surface area (Å²) in [6, 6.07) is 0. The van der Waals surface area contributed by atoms with E-state index in [0.717, 1.165) is 0 Å². The molecular weight excluding hydrogens is 84.1 g/mol. The first-order chi connectivity index (χ1) is 2.41. The minimum atomic E-state index is 0.493. The minimum Gasteiger partial charge on any atom is -0.289 e. The van der Waals surface area contributed by atoms with E-state index in [1.165, 1.54) is 0 Å². The molecule has 0 amide bonds. The average molecular weight is 86.1 g/mol. The van der Waals surface area contributed by atoms with Crippen molar-refractivity contribution in [2.75, 3.05) is 0 Å². The van der Waals surface area contributed by atoms with Crippen LogP contribution < -0.4 is 0 Å². The van der Waals surface area contributed by atoms with Crippen molar-refractivity contribution in [2.24, 2.45) is 0 Å². The highest BCUT2D eigenvalue weighted by Crippen LogP contribution is 1.53. The van der Waals surface area contributed by atoms with E-state index in [1.807, 2.05) is 5.92 Å². The Hall–Kier alpha value is -0.420. The van der Waals surface area contributed by atoms with Crippen LogP contribution >= 0.6 is 12.6 Å². The highest BCUT2D eigenvalue weighted by molar-refractivity contribution is 7.85. The molecule has 0 N–H and O–H groups in total. The smallest absolute Gasteiger partial charge is 0.193 e. The molecule has 2 heteroatoms. The number of aldehydes is 1. The highest BCUT2D eigenvalue weighted by Gasteiger charge is 1.44. The zero-order valence-electron chi connectivity index (χ0n) is 2.43. The standard InChI is InChI=1S/C3H2OS/c4-2-1-3-5/h2,5H. The van der Waals surface area contributed by atoms with Crippen LogP contribution in [0.15, 0.2) is 0 Å². The molecule has 0 aromatic carbocycles. The number of thiol groups is 1. The molecular formula is C3H2OS. The number of rotatable bonds is 0. The number of carbonyl (C=O) groups excluding carboxylic acids is 1. The fraction of sp³-hybridized carbons (Fsp3) is 0. The molecule has 0 spiro atoms. The monoisotopic (exact) mass is 86.0 g/mol. The molecule has 0 aliphatic carbocycles. The summed E-state index contributed by atoms with van der Waals surface area (Å²) in [7, 11) is 0. The largest absolute Gasteiger partial charge is 0.289 e. The van der Waals surface area contributed by atoms with Crippen LogP contribution in [-0.2, 0) is 4.79 Å². The summed E-state index contributed by atoms with van der Waals surface area (Å²) >= 11 is 3.41. The van der Waals surface area contributed by atoms with Gasteiger partial charge < -0.3 is 0 Å². The van der Waals surface area contributed by atoms with Gasteiger partial charge in [0.15, 0.2) is 6.29 Å². The van der Waals surface area contributed by atoms with E-state index in [4.69, 9.17) is 0 Å². The molecule has 0 heterocycles. The van der Waals surface area contributed by atoms with Crippen LogP contribution in [0.3, 0.4) is 0 Å². The minimum absolute atomic E-state index is 0.493. The summed E-state index contributed by atoms with van der Waals surface area (Å²) in [5.41, 5.74) is 0. The van der Waals surface area contributed by atoms with Crippen LogP contribution in [0.25, 0.3) is 0 Å². The molecule has 0 radical (unpaired) electrons. The van der Waals surface area contributed by atoms with Gasteiger partial charge in [-0.3, -0.25) is 4.79 Å². The Labute approximate surface area is 35.8 Å². The van der Waals surface area contributed by atoms with Gasteiger partial charge in [-0.25, -0.2) is 0 Å². The van der Waals surface area contributed by atoms with Gasteiger partial charge in [0, 0.05) is 0 Å². The summed E-state index contributed by atoms with van der Waals surface area (Å²) in [6.45, 7) is 0. The molecule has 0 fully saturated rings. The maximum absolute atomic E-state index is 9.18. The van der Waals surface area contributed by atoms with E-state index in [-0.39, 0.29) is 0 Å². The van der Waals surface area contributed by atoms with Crippen molar-refractivity contribution in [2.45, 2.75) is 0 Å². The lowest BCUT2D eigenvalue weighted by Gasteiger charge is -1.41. The van der Waals surface area contributed by atoms with Gasteiger partial charge in [-0.1, -0.05) is 12.6 Å². The van der Waals surface area contributed by atoms with E-state index < -0.39 is 0 Å². The fourth-order valence-corrected chi connectivity index (χ4v) is 0.0791. The maximum atomic E-state index is 9.18. The topological polar surface area (TPSA) is 17.1 Å². The maximum Gasteiger partial charge on any atom is 0.193 e. The van der Waals surface area contributed by atoms with Crippen LogP contribution in [0.1, 0.15) is 0 Å². The predicted molar refractivity (Wildman–Crippen MR) is 22.8 cm³/mol. The number of hydrogen-bond donors (Lipinski definition) is 1.